The second-order valence-electron chi connectivity index (χ2n) is 6.43. The van der Waals surface area contributed by atoms with Crippen LogP contribution in [0.2, 0.25) is 0 Å². The Morgan fingerprint density at radius 1 is 1.00 bits per heavy atom. The van der Waals surface area contributed by atoms with E-state index in [0.29, 0.717) is 11.6 Å². The lowest BCUT2D eigenvalue weighted by Crippen LogP contribution is -2.04. The molecule has 136 valence electrons. The summed E-state index contributed by atoms with van der Waals surface area (Å²) in [4.78, 5) is 13.8. The van der Waals surface area contributed by atoms with E-state index in [1.807, 2.05) is 72.2 Å². The molecule has 28 heavy (non-hydrogen) atoms. The van der Waals surface area contributed by atoms with Crippen molar-refractivity contribution in [3.8, 4) is 11.5 Å². The number of aryl methyl sites for hydroxylation is 1. The SMILES string of the molecule is Cc1cccc(-c2nc(Nc3ccnc4ccc(Br)cc34)c3cccn3n2)n1. The number of benzene rings is 1. The van der Waals surface area contributed by atoms with Gasteiger partial charge in [-0.15, -0.1) is 5.10 Å². The van der Waals surface area contributed by atoms with E-state index in [1.54, 1.807) is 6.20 Å². The first-order valence-corrected chi connectivity index (χ1v) is 9.57. The molecule has 4 aromatic heterocycles. The summed E-state index contributed by atoms with van der Waals surface area (Å²) in [7, 11) is 0. The molecule has 7 heteroatoms. The van der Waals surface area contributed by atoms with Gasteiger partial charge >= 0.3 is 0 Å². The van der Waals surface area contributed by atoms with Gasteiger partial charge in [0.05, 0.1) is 11.2 Å². The highest BCUT2D eigenvalue weighted by molar-refractivity contribution is 9.10. The Balaban J connectivity index is 1.67. The van der Waals surface area contributed by atoms with E-state index in [-0.39, 0.29) is 0 Å². The molecule has 0 spiro atoms. The molecule has 6 nitrogen and oxygen atoms in total. The van der Waals surface area contributed by atoms with Gasteiger partial charge in [-0.25, -0.2) is 14.5 Å². The molecule has 0 aliphatic rings. The summed E-state index contributed by atoms with van der Waals surface area (Å²) in [6.07, 6.45) is 3.70. The molecule has 5 aromatic rings. The lowest BCUT2D eigenvalue weighted by atomic mass is 10.2. The van der Waals surface area contributed by atoms with E-state index in [2.05, 4.69) is 36.3 Å². The van der Waals surface area contributed by atoms with Crippen LogP contribution in [0.4, 0.5) is 11.5 Å². The van der Waals surface area contributed by atoms with Gasteiger partial charge in [0, 0.05) is 27.9 Å². The average molecular weight is 431 g/mol. The molecule has 0 radical (unpaired) electrons. The second kappa shape index (κ2) is 6.69. The van der Waals surface area contributed by atoms with E-state index < -0.39 is 0 Å². The molecule has 1 N–H and O–H groups in total. The maximum Gasteiger partial charge on any atom is 0.200 e. The Labute approximate surface area is 169 Å². The number of pyridine rings is 2. The van der Waals surface area contributed by atoms with Crippen molar-refractivity contribution in [2.45, 2.75) is 6.92 Å². The van der Waals surface area contributed by atoms with Crippen molar-refractivity contribution >= 4 is 43.9 Å². The third-order valence-corrected chi connectivity index (χ3v) is 4.96. The van der Waals surface area contributed by atoms with Gasteiger partial charge in [-0.1, -0.05) is 22.0 Å². The van der Waals surface area contributed by atoms with Crippen molar-refractivity contribution in [3.05, 3.63) is 77.2 Å². The number of rotatable bonds is 3. The molecule has 0 saturated heterocycles. The fourth-order valence-corrected chi connectivity index (χ4v) is 3.52. The maximum atomic E-state index is 4.77. The van der Waals surface area contributed by atoms with Crippen LogP contribution in [0.1, 0.15) is 5.69 Å². The van der Waals surface area contributed by atoms with Crippen molar-refractivity contribution in [2.24, 2.45) is 0 Å². The standard InChI is InChI=1S/C21H15BrN6/c1-13-4-2-5-18(24-13)20-26-21(19-6-3-11-28(19)27-20)25-17-9-10-23-16-8-7-14(22)12-15(16)17/h2-12H,1H3,(H,23,25,26,27). The summed E-state index contributed by atoms with van der Waals surface area (Å²) in [6, 6.07) is 17.7. The fraction of sp³-hybridized carbons (Fsp3) is 0.0476. The normalized spacial score (nSPS) is 11.2. The Bertz CT molecular complexity index is 1330. The molecule has 0 saturated carbocycles. The van der Waals surface area contributed by atoms with Crippen LogP contribution < -0.4 is 5.32 Å². The van der Waals surface area contributed by atoms with Crippen LogP contribution in [0, 0.1) is 6.92 Å². The molecule has 1 aromatic carbocycles. The van der Waals surface area contributed by atoms with Crippen molar-refractivity contribution in [1.82, 2.24) is 24.6 Å². The van der Waals surface area contributed by atoms with Crippen molar-refractivity contribution < 1.29 is 0 Å². The Hall–Kier alpha value is -3.32. The van der Waals surface area contributed by atoms with Gasteiger partial charge < -0.3 is 5.32 Å². The summed E-state index contributed by atoms with van der Waals surface area (Å²) in [6.45, 7) is 1.96. The highest BCUT2D eigenvalue weighted by Gasteiger charge is 2.12. The lowest BCUT2D eigenvalue weighted by Gasteiger charge is -2.12. The number of hydrogen-bond acceptors (Lipinski definition) is 5. The van der Waals surface area contributed by atoms with Gasteiger partial charge in [0.2, 0.25) is 5.82 Å². The quantitative estimate of drug-likeness (QED) is 0.428. The number of fused-ring (bicyclic) bond motifs is 2. The topological polar surface area (TPSA) is 68.0 Å². The predicted molar refractivity (Wildman–Crippen MR) is 114 cm³/mol. The summed E-state index contributed by atoms with van der Waals surface area (Å²) in [5, 5.41) is 9.09. The minimum atomic E-state index is 0.564. The molecule has 0 unspecified atom stereocenters. The van der Waals surface area contributed by atoms with Gasteiger partial charge in [0.15, 0.2) is 5.82 Å². The Kier molecular flexibility index (Phi) is 4.02. The first kappa shape index (κ1) is 16.8. The molecular formula is C21H15BrN6. The molecule has 0 atom stereocenters. The van der Waals surface area contributed by atoms with E-state index in [1.165, 1.54) is 0 Å². The highest BCUT2D eigenvalue weighted by Crippen LogP contribution is 2.29. The maximum absolute atomic E-state index is 4.77. The lowest BCUT2D eigenvalue weighted by molar-refractivity contribution is 0.908. The van der Waals surface area contributed by atoms with E-state index in [4.69, 9.17) is 4.98 Å². The van der Waals surface area contributed by atoms with Crippen LogP contribution in [0.15, 0.2) is 71.5 Å². The molecule has 0 aliphatic heterocycles. The Morgan fingerprint density at radius 3 is 2.82 bits per heavy atom. The van der Waals surface area contributed by atoms with Crippen LogP contribution in [-0.2, 0) is 0 Å². The van der Waals surface area contributed by atoms with Crippen LogP contribution in [0.3, 0.4) is 0 Å². The van der Waals surface area contributed by atoms with Crippen LogP contribution in [0.5, 0.6) is 0 Å². The average Bonchev–Trinajstić information content (AvgIpc) is 3.17. The Morgan fingerprint density at radius 2 is 1.93 bits per heavy atom. The molecule has 0 fully saturated rings. The zero-order valence-electron chi connectivity index (χ0n) is 15.0. The monoisotopic (exact) mass is 430 g/mol. The van der Waals surface area contributed by atoms with Gasteiger partial charge in [-0.2, -0.15) is 0 Å². The van der Waals surface area contributed by atoms with Gasteiger partial charge in [0.1, 0.15) is 11.2 Å². The van der Waals surface area contributed by atoms with E-state index >= 15 is 0 Å². The minimum absolute atomic E-state index is 0.564. The summed E-state index contributed by atoms with van der Waals surface area (Å²) in [5.41, 5.74) is 4.39. The van der Waals surface area contributed by atoms with Crippen LogP contribution in [0.25, 0.3) is 27.9 Å². The molecule has 0 amide bonds. The van der Waals surface area contributed by atoms with E-state index in [0.717, 1.165) is 38.0 Å². The number of hydrogen-bond donors (Lipinski definition) is 1. The third kappa shape index (κ3) is 2.99. The smallest absolute Gasteiger partial charge is 0.200 e. The van der Waals surface area contributed by atoms with E-state index in [9.17, 15) is 0 Å². The summed E-state index contributed by atoms with van der Waals surface area (Å²) >= 11 is 3.54. The number of halogens is 1. The molecular weight excluding hydrogens is 416 g/mol. The minimum Gasteiger partial charge on any atom is -0.338 e. The van der Waals surface area contributed by atoms with Gasteiger partial charge in [0.25, 0.3) is 0 Å². The zero-order valence-corrected chi connectivity index (χ0v) is 16.6. The van der Waals surface area contributed by atoms with Crippen molar-refractivity contribution in [3.63, 3.8) is 0 Å². The largest absolute Gasteiger partial charge is 0.338 e. The number of aromatic nitrogens is 5. The molecule has 0 bridgehead atoms. The molecule has 5 rings (SSSR count). The predicted octanol–water partition coefficient (Wildman–Crippen LogP) is 5.15. The third-order valence-electron chi connectivity index (χ3n) is 4.47. The van der Waals surface area contributed by atoms with Gasteiger partial charge in [-0.05, 0) is 55.5 Å². The van der Waals surface area contributed by atoms with Crippen LogP contribution in [-0.4, -0.2) is 24.6 Å². The number of nitrogens with one attached hydrogen (secondary N) is 1. The van der Waals surface area contributed by atoms with Crippen molar-refractivity contribution in [2.75, 3.05) is 5.32 Å². The molecule has 4 heterocycles. The summed E-state index contributed by atoms with van der Waals surface area (Å²) in [5.74, 6) is 1.28. The highest BCUT2D eigenvalue weighted by atomic mass is 79.9. The number of anilines is 2. The fourth-order valence-electron chi connectivity index (χ4n) is 3.16. The first-order valence-electron chi connectivity index (χ1n) is 8.78. The molecule has 0 aliphatic carbocycles. The van der Waals surface area contributed by atoms with Crippen LogP contribution >= 0.6 is 15.9 Å². The van der Waals surface area contributed by atoms with Crippen molar-refractivity contribution in [1.29, 1.82) is 0 Å². The van der Waals surface area contributed by atoms with Gasteiger partial charge in [-0.3, -0.25) is 4.98 Å². The zero-order chi connectivity index (χ0) is 19.1. The second-order valence-corrected chi connectivity index (χ2v) is 7.35. The summed E-state index contributed by atoms with van der Waals surface area (Å²) < 4.78 is 2.81. The first-order chi connectivity index (χ1) is 13.7. The number of nitrogens with zero attached hydrogens (tertiary/aromatic N) is 5.